The second kappa shape index (κ2) is 7.55. The van der Waals surface area contributed by atoms with Gasteiger partial charge in [0, 0.05) is 13.1 Å². The molecule has 2 atom stereocenters. The van der Waals surface area contributed by atoms with E-state index in [2.05, 4.69) is 29.6 Å². The lowest BCUT2D eigenvalue weighted by Crippen LogP contribution is -2.32. The molecule has 0 aliphatic heterocycles. The summed E-state index contributed by atoms with van der Waals surface area (Å²) in [5, 5.41) is 13.6. The van der Waals surface area contributed by atoms with Crippen molar-refractivity contribution in [2.75, 3.05) is 6.54 Å². The highest BCUT2D eigenvalue weighted by atomic mass is 16.3. The van der Waals surface area contributed by atoms with E-state index in [1.165, 1.54) is 37.7 Å². The molecule has 2 nitrogen and oxygen atoms in total. The molecule has 2 N–H and O–H groups in total. The summed E-state index contributed by atoms with van der Waals surface area (Å²) in [6.45, 7) is 1.85. The maximum absolute atomic E-state index is 10.1. The van der Waals surface area contributed by atoms with Gasteiger partial charge in [-0.25, -0.2) is 0 Å². The third-order valence-corrected chi connectivity index (χ3v) is 3.95. The quantitative estimate of drug-likeness (QED) is 0.857. The van der Waals surface area contributed by atoms with E-state index in [9.17, 15) is 5.11 Å². The zero-order valence-electron chi connectivity index (χ0n) is 11.1. The minimum atomic E-state index is -0.103. The molecule has 1 aliphatic carbocycles. The first-order valence-corrected chi connectivity index (χ1v) is 7.29. The van der Waals surface area contributed by atoms with Gasteiger partial charge in [0.2, 0.25) is 0 Å². The molecule has 0 saturated heterocycles. The van der Waals surface area contributed by atoms with E-state index in [1.807, 2.05) is 6.07 Å². The average molecular weight is 247 g/mol. The van der Waals surface area contributed by atoms with Gasteiger partial charge in [0.25, 0.3) is 0 Å². The molecule has 1 fully saturated rings. The van der Waals surface area contributed by atoms with E-state index in [4.69, 9.17) is 0 Å². The third-order valence-electron chi connectivity index (χ3n) is 3.95. The van der Waals surface area contributed by atoms with Crippen LogP contribution < -0.4 is 5.32 Å². The van der Waals surface area contributed by atoms with Crippen LogP contribution in [0, 0.1) is 5.92 Å². The summed E-state index contributed by atoms with van der Waals surface area (Å²) in [5.41, 5.74) is 1.32. The predicted molar refractivity (Wildman–Crippen MR) is 75.3 cm³/mol. The number of hydrogen-bond acceptors (Lipinski definition) is 2. The van der Waals surface area contributed by atoms with E-state index in [-0.39, 0.29) is 6.10 Å². The van der Waals surface area contributed by atoms with Crippen molar-refractivity contribution in [1.82, 2.24) is 5.32 Å². The first-order valence-electron chi connectivity index (χ1n) is 7.29. The van der Waals surface area contributed by atoms with Crippen LogP contribution in [0.25, 0.3) is 0 Å². The fourth-order valence-corrected chi connectivity index (χ4v) is 2.78. The monoisotopic (exact) mass is 247 g/mol. The van der Waals surface area contributed by atoms with Gasteiger partial charge in [-0.1, -0.05) is 56.0 Å². The molecule has 2 heteroatoms. The Labute approximate surface area is 110 Å². The Kier molecular flexibility index (Phi) is 5.69. The molecule has 0 unspecified atom stereocenters. The highest BCUT2D eigenvalue weighted by Crippen LogP contribution is 2.22. The van der Waals surface area contributed by atoms with Crippen molar-refractivity contribution in [2.24, 2.45) is 5.92 Å². The minimum absolute atomic E-state index is 0.103. The van der Waals surface area contributed by atoms with Crippen LogP contribution in [0.5, 0.6) is 0 Å². The lowest BCUT2D eigenvalue weighted by atomic mass is 9.88. The Morgan fingerprint density at radius 2 is 1.72 bits per heavy atom. The molecule has 1 aromatic rings. The van der Waals surface area contributed by atoms with E-state index in [0.29, 0.717) is 5.92 Å². The van der Waals surface area contributed by atoms with Crippen LogP contribution in [0.15, 0.2) is 30.3 Å². The number of aliphatic hydroxyl groups excluding tert-OH is 1. The Hall–Kier alpha value is -0.860. The van der Waals surface area contributed by atoms with E-state index in [0.717, 1.165) is 19.5 Å². The van der Waals surface area contributed by atoms with Gasteiger partial charge < -0.3 is 10.4 Å². The summed E-state index contributed by atoms with van der Waals surface area (Å²) in [4.78, 5) is 0. The van der Waals surface area contributed by atoms with Crippen LogP contribution in [0.2, 0.25) is 0 Å². The molecule has 0 radical (unpaired) electrons. The van der Waals surface area contributed by atoms with Gasteiger partial charge in [0.1, 0.15) is 0 Å². The Morgan fingerprint density at radius 1 is 1.00 bits per heavy atom. The van der Waals surface area contributed by atoms with Crippen molar-refractivity contribution in [3.63, 3.8) is 0 Å². The first kappa shape index (κ1) is 13.6. The minimum Gasteiger partial charge on any atom is -0.393 e. The summed E-state index contributed by atoms with van der Waals surface area (Å²) < 4.78 is 0. The molecule has 2 rings (SSSR count). The standard InChI is InChI=1S/C16H25NO/c18-16-11-7-2-1-6-10-15(16)13-17-12-14-8-4-3-5-9-14/h3-5,8-9,15-18H,1-2,6-7,10-13H2/t15-,16-/m0/s1. The fraction of sp³-hybridized carbons (Fsp3) is 0.625. The second-order valence-corrected chi connectivity index (χ2v) is 5.44. The van der Waals surface area contributed by atoms with Crippen molar-refractivity contribution < 1.29 is 5.11 Å². The normalized spacial score (nSPS) is 25.4. The number of rotatable bonds is 4. The summed E-state index contributed by atoms with van der Waals surface area (Å²) in [7, 11) is 0. The summed E-state index contributed by atoms with van der Waals surface area (Å²) in [6.07, 6.45) is 7.14. The average Bonchev–Trinajstić information content (AvgIpc) is 2.39. The lowest BCUT2D eigenvalue weighted by Gasteiger charge is -2.25. The maximum Gasteiger partial charge on any atom is 0.0580 e. The molecule has 0 spiro atoms. The van der Waals surface area contributed by atoms with Crippen LogP contribution in [0.3, 0.4) is 0 Å². The van der Waals surface area contributed by atoms with Crippen LogP contribution in [-0.4, -0.2) is 17.8 Å². The van der Waals surface area contributed by atoms with Gasteiger partial charge in [-0.15, -0.1) is 0 Å². The van der Waals surface area contributed by atoms with E-state index in [1.54, 1.807) is 0 Å². The highest BCUT2D eigenvalue weighted by molar-refractivity contribution is 5.14. The Morgan fingerprint density at radius 3 is 2.50 bits per heavy atom. The van der Waals surface area contributed by atoms with Gasteiger partial charge >= 0.3 is 0 Å². The van der Waals surface area contributed by atoms with Crippen LogP contribution in [0.4, 0.5) is 0 Å². The van der Waals surface area contributed by atoms with Gasteiger partial charge in [-0.2, -0.15) is 0 Å². The predicted octanol–water partition coefficient (Wildman–Crippen LogP) is 3.11. The van der Waals surface area contributed by atoms with Gasteiger partial charge in [0.05, 0.1) is 6.10 Å². The zero-order valence-corrected chi connectivity index (χ0v) is 11.1. The van der Waals surface area contributed by atoms with E-state index >= 15 is 0 Å². The molecule has 0 bridgehead atoms. The van der Waals surface area contributed by atoms with Gasteiger partial charge in [-0.3, -0.25) is 0 Å². The van der Waals surface area contributed by atoms with E-state index < -0.39 is 0 Å². The van der Waals surface area contributed by atoms with Crippen molar-refractivity contribution in [3.8, 4) is 0 Å². The van der Waals surface area contributed by atoms with Crippen molar-refractivity contribution in [1.29, 1.82) is 0 Å². The number of nitrogens with one attached hydrogen (secondary N) is 1. The van der Waals surface area contributed by atoms with Crippen LogP contribution >= 0.6 is 0 Å². The summed E-state index contributed by atoms with van der Waals surface area (Å²) in [5.74, 6) is 0.439. The molecule has 1 saturated carbocycles. The molecular weight excluding hydrogens is 222 g/mol. The fourth-order valence-electron chi connectivity index (χ4n) is 2.78. The van der Waals surface area contributed by atoms with Crippen LogP contribution in [-0.2, 0) is 6.54 Å². The number of hydrogen-bond donors (Lipinski definition) is 2. The summed E-state index contributed by atoms with van der Waals surface area (Å²) >= 11 is 0. The van der Waals surface area contributed by atoms with Gasteiger partial charge in [0.15, 0.2) is 0 Å². The molecule has 0 aromatic heterocycles. The molecule has 0 amide bonds. The second-order valence-electron chi connectivity index (χ2n) is 5.44. The largest absolute Gasteiger partial charge is 0.393 e. The van der Waals surface area contributed by atoms with Crippen molar-refractivity contribution >= 4 is 0 Å². The van der Waals surface area contributed by atoms with Gasteiger partial charge in [-0.05, 0) is 24.3 Å². The number of aliphatic hydroxyl groups is 1. The smallest absolute Gasteiger partial charge is 0.0580 e. The molecule has 1 aromatic carbocycles. The third kappa shape index (κ3) is 4.43. The number of benzene rings is 1. The van der Waals surface area contributed by atoms with Crippen molar-refractivity contribution in [2.45, 2.75) is 51.2 Å². The highest BCUT2D eigenvalue weighted by Gasteiger charge is 2.19. The molecule has 100 valence electrons. The maximum atomic E-state index is 10.1. The Balaban J connectivity index is 1.74. The topological polar surface area (TPSA) is 32.3 Å². The summed E-state index contributed by atoms with van der Waals surface area (Å²) in [6, 6.07) is 10.5. The SMILES string of the molecule is O[C@H]1CCCCCC[C@H]1CNCc1ccccc1. The lowest BCUT2D eigenvalue weighted by molar-refractivity contribution is 0.0829. The zero-order chi connectivity index (χ0) is 12.6. The molecular formula is C16H25NO. The molecule has 1 aliphatic rings. The van der Waals surface area contributed by atoms with Crippen LogP contribution in [0.1, 0.15) is 44.1 Å². The molecule has 18 heavy (non-hydrogen) atoms. The first-order chi connectivity index (χ1) is 8.86. The van der Waals surface area contributed by atoms with Crippen molar-refractivity contribution in [3.05, 3.63) is 35.9 Å². The Bertz CT molecular complexity index is 325. The molecule has 0 heterocycles.